The highest BCUT2D eigenvalue weighted by Gasteiger charge is 2.18. The Kier molecular flexibility index (Phi) is 4.90. The number of carbonyl (C=O) groups is 1. The van der Waals surface area contributed by atoms with Gasteiger partial charge in [0.25, 0.3) is 0 Å². The van der Waals surface area contributed by atoms with Gasteiger partial charge in [0, 0.05) is 4.47 Å². The monoisotopic (exact) mass is 332 g/mol. The molecule has 0 fully saturated rings. The SMILES string of the molecule is CCC(C(=O)Nc1ccc(Br)c(C)n1)c1ccccc1. The summed E-state index contributed by atoms with van der Waals surface area (Å²) in [5.74, 6) is 0.417. The van der Waals surface area contributed by atoms with Crippen molar-refractivity contribution in [3.05, 3.63) is 58.2 Å². The Balaban J connectivity index is 2.15. The van der Waals surface area contributed by atoms with Crippen LogP contribution in [0.4, 0.5) is 5.82 Å². The molecule has 1 atom stereocenters. The third-order valence-electron chi connectivity index (χ3n) is 3.20. The second kappa shape index (κ2) is 6.66. The average molecular weight is 333 g/mol. The Labute approximate surface area is 127 Å². The van der Waals surface area contributed by atoms with Crippen LogP contribution in [0.15, 0.2) is 46.9 Å². The zero-order chi connectivity index (χ0) is 14.5. The Morgan fingerprint density at radius 2 is 1.95 bits per heavy atom. The van der Waals surface area contributed by atoms with E-state index < -0.39 is 0 Å². The summed E-state index contributed by atoms with van der Waals surface area (Å²) in [7, 11) is 0. The number of carbonyl (C=O) groups excluding carboxylic acids is 1. The van der Waals surface area contributed by atoms with E-state index >= 15 is 0 Å². The van der Waals surface area contributed by atoms with Crippen LogP contribution in [-0.4, -0.2) is 10.9 Å². The number of aryl methyl sites for hydroxylation is 1. The van der Waals surface area contributed by atoms with Crippen LogP contribution < -0.4 is 5.32 Å². The van der Waals surface area contributed by atoms with Gasteiger partial charge in [0.1, 0.15) is 5.82 Å². The molecule has 0 bridgehead atoms. The standard InChI is InChI=1S/C16H17BrN2O/c1-3-13(12-7-5-4-6-8-12)16(20)19-15-10-9-14(17)11(2)18-15/h4-10,13H,3H2,1-2H3,(H,18,19,20). The summed E-state index contributed by atoms with van der Waals surface area (Å²) in [6.45, 7) is 3.91. The molecule has 0 spiro atoms. The second-order valence-electron chi connectivity index (χ2n) is 4.62. The molecule has 2 aromatic rings. The highest BCUT2D eigenvalue weighted by atomic mass is 79.9. The summed E-state index contributed by atoms with van der Waals surface area (Å²) in [6.07, 6.45) is 0.755. The first-order valence-corrected chi connectivity index (χ1v) is 7.40. The van der Waals surface area contributed by atoms with E-state index in [1.54, 1.807) is 6.07 Å². The molecule has 4 heteroatoms. The highest BCUT2D eigenvalue weighted by Crippen LogP contribution is 2.22. The van der Waals surface area contributed by atoms with Crippen LogP contribution in [0, 0.1) is 6.92 Å². The molecule has 1 aromatic heterocycles. The Bertz CT molecular complexity index is 599. The number of halogens is 1. The maximum atomic E-state index is 12.4. The number of rotatable bonds is 4. The molecule has 1 N–H and O–H groups in total. The first-order valence-electron chi connectivity index (χ1n) is 6.60. The molecule has 20 heavy (non-hydrogen) atoms. The fraction of sp³-hybridized carbons (Fsp3) is 0.250. The number of nitrogens with zero attached hydrogens (tertiary/aromatic N) is 1. The zero-order valence-electron chi connectivity index (χ0n) is 11.6. The number of pyridine rings is 1. The lowest BCUT2D eigenvalue weighted by atomic mass is 9.96. The maximum Gasteiger partial charge on any atom is 0.233 e. The van der Waals surface area contributed by atoms with Crippen molar-refractivity contribution in [3.8, 4) is 0 Å². The van der Waals surface area contributed by atoms with E-state index in [9.17, 15) is 4.79 Å². The lowest BCUT2D eigenvalue weighted by Gasteiger charge is -2.15. The average Bonchev–Trinajstić information content (AvgIpc) is 2.45. The van der Waals surface area contributed by atoms with Gasteiger partial charge >= 0.3 is 0 Å². The molecule has 3 nitrogen and oxygen atoms in total. The molecule has 0 aliphatic heterocycles. The third-order valence-corrected chi connectivity index (χ3v) is 4.04. The largest absolute Gasteiger partial charge is 0.310 e. The minimum Gasteiger partial charge on any atom is -0.310 e. The van der Waals surface area contributed by atoms with Crippen molar-refractivity contribution in [2.75, 3.05) is 5.32 Å². The smallest absolute Gasteiger partial charge is 0.233 e. The zero-order valence-corrected chi connectivity index (χ0v) is 13.1. The highest BCUT2D eigenvalue weighted by molar-refractivity contribution is 9.10. The summed E-state index contributed by atoms with van der Waals surface area (Å²) < 4.78 is 0.936. The van der Waals surface area contributed by atoms with Gasteiger partial charge in [0.2, 0.25) is 5.91 Å². The minimum atomic E-state index is -0.151. The third kappa shape index (κ3) is 3.45. The number of nitrogens with one attached hydrogen (secondary N) is 1. The fourth-order valence-corrected chi connectivity index (χ4v) is 2.31. The van der Waals surface area contributed by atoms with E-state index in [2.05, 4.69) is 26.2 Å². The van der Waals surface area contributed by atoms with Crippen molar-refractivity contribution in [1.29, 1.82) is 0 Å². The Morgan fingerprint density at radius 3 is 2.55 bits per heavy atom. The lowest BCUT2D eigenvalue weighted by Crippen LogP contribution is -2.21. The molecule has 2 rings (SSSR count). The number of hydrogen-bond donors (Lipinski definition) is 1. The number of benzene rings is 1. The van der Waals surface area contributed by atoms with Gasteiger partial charge in [-0.2, -0.15) is 0 Å². The molecular formula is C16H17BrN2O. The number of hydrogen-bond acceptors (Lipinski definition) is 2. The first-order chi connectivity index (χ1) is 9.61. The molecule has 1 unspecified atom stereocenters. The van der Waals surface area contributed by atoms with Gasteiger partial charge in [-0.3, -0.25) is 4.79 Å². The van der Waals surface area contributed by atoms with E-state index in [0.717, 1.165) is 22.2 Å². The molecule has 0 saturated carbocycles. The molecule has 104 valence electrons. The van der Waals surface area contributed by atoms with Crippen molar-refractivity contribution in [1.82, 2.24) is 4.98 Å². The van der Waals surface area contributed by atoms with Gasteiger partial charge in [0.05, 0.1) is 11.6 Å². The van der Waals surface area contributed by atoms with E-state index in [-0.39, 0.29) is 11.8 Å². The van der Waals surface area contributed by atoms with Crippen molar-refractivity contribution < 1.29 is 4.79 Å². The van der Waals surface area contributed by atoms with E-state index in [0.29, 0.717) is 5.82 Å². The molecule has 0 radical (unpaired) electrons. The van der Waals surface area contributed by atoms with Gasteiger partial charge < -0.3 is 5.32 Å². The van der Waals surface area contributed by atoms with Crippen molar-refractivity contribution in [2.45, 2.75) is 26.2 Å². The van der Waals surface area contributed by atoms with Crippen LogP contribution in [-0.2, 0) is 4.79 Å². The van der Waals surface area contributed by atoms with Crippen LogP contribution >= 0.6 is 15.9 Å². The van der Waals surface area contributed by atoms with Crippen LogP contribution in [0.5, 0.6) is 0 Å². The van der Waals surface area contributed by atoms with Crippen LogP contribution in [0.2, 0.25) is 0 Å². The topological polar surface area (TPSA) is 42.0 Å². The molecular weight excluding hydrogens is 316 g/mol. The summed E-state index contributed by atoms with van der Waals surface area (Å²) in [5.41, 5.74) is 1.89. The van der Waals surface area contributed by atoms with Gasteiger partial charge in [0.15, 0.2) is 0 Å². The summed E-state index contributed by atoms with van der Waals surface area (Å²) in [6, 6.07) is 13.5. The van der Waals surface area contributed by atoms with Crippen LogP contribution in [0.3, 0.4) is 0 Å². The molecule has 0 aliphatic rings. The number of anilines is 1. The molecule has 1 heterocycles. The van der Waals surface area contributed by atoms with Crippen molar-refractivity contribution >= 4 is 27.7 Å². The van der Waals surface area contributed by atoms with Crippen molar-refractivity contribution in [3.63, 3.8) is 0 Å². The second-order valence-corrected chi connectivity index (χ2v) is 5.48. The van der Waals surface area contributed by atoms with E-state index in [4.69, 9.17) is 0 Å². The van der Waals surface area contributed by atoms with Crippen molar-refractivity contribution in [2.24, 2.45) is 0 Å². The minimum absolute atomic E-state index is 0.0204. The van der Waals surface area contributed by atoms with Crippen LogP contribution in [0.1, 0.15) is 30.5 Å². The van der Waals surface area contributed by atoms with Gasteiger partial charge in [-0.05, 0) is 47.0 Å². The Hall–Kier alpha value is -1.68. The normalized spacial score (nSPS) is 11.9. The van der Waals surface area contributed by atoms with E-state index in [1.807, 2.05) is 50.2 Å². The predicted octanol–water partition coefficient (Wildman–Crippen LogP) is 4.28. The number of aromatic nitrogens is 1. The first kappa shape index (κ1) is 14.7. The summed E-state index contributed by atoms with van der Waals surface area (Å²) in [4.78, 5) is 16.7. The van der Waals surface area contributed by atoms with Crippen LogP contribution in [0.25, 0.3) is 0 Å². The lowest BCUT2D eigenvalue weighted by molar-refractivity contribution is -0.117. The predicted molar refractivity (Wildman–Crippen MR) is 84.8 cm³/mol. The molecule has 1 aromatic carbocycles. The Morgan fingerprint density at radius 1 is 1.25 bits per heavy atom. The quantitative estimate of drug-likeness (QED) is 0.907. The molecule has 1 amide bonds. The maximum absolute atomic E-state index is 12.4. The number of amides is 1. The van der Waals surface area contributed by atoms with Gasteiger partial charge in [-0.1, -0.05) is 37.3 Å². The van der Waals surface area contributed by atoms with Gasteiger partial charge in [-0.15, -0.1) is 0 Å². The fourth-order valence-electron chi connectivity index (χ4n) is 2.08. The molecule has 0 saturated heterocycles. The summed E-state index contributed by atoms with van der Waals surface area (Å²) >= 11 is 3.40. The molecule has 0 aliphatic carbocycles. The summed E-state index contributed by atoms with van der Waals surface area (Å²) in [5, 5.41) is 2.89. The van der Waals surface area contributed by atoms with E-state index in [1.165, 1.54) is 0 Å². The van der Waals surface area contributed by atoms with Gasteiger partial charge in [-0.25, -0.2) is 4.98 Å².